The second-order valence-electron chi connectivity index (χ2n) is 13.2. The first-order valence-electron chi connectivity index (χ1n) is 15.2. The van der Waals surface area contributed by atoms with Crippen molar-refractivity contribution in [1.82, 2.24) is 4.90 Å². The summed E-state index contributed by atoms with van der Waals surface area (Å²) in [6.45, 7) is 23.2. The summed E-state index contributed by atoms with van der Waals surface area (Å²) >= 11 is 3.32. The molecular formula is C31H58BrNO8. The third-order valence-corrected chi connectivity index (χ3v) is 6.35. The molecule has 0 aromatic heterocycles. The van der Waals surface area contributed by atoms with Crippen molar-refractivity contribution in [2.45, 2.75) is 124 Å². The fourth-order valence-corrected chi connectivity index (χ4v) is 4.46. The van der Waals surface area contributed by atoms with Crippen LogP contribution in [0.5, 0.6) is 0 Å². The SMILES string of the molecule is CC(C)CC(CC(C)C)OC(=O)OCCN(CCOC(=O)OC(CC(C)C)CC(C)C)CC(C)OC(=O)C(C)(C)Br. The summed E-state index contributed by atoms with van der Waals surface area (Å²) < 4.78 is 26.7. The zero-order valence-corrected chi connectivity index (χ0v) is 29.1. The molecule has 9 nitrogen and oxygen atoms in total. The van der Waals surface area contributed by atoms with E-state index in [0.29, 0.717) is 43.3 Å². The molecule has 0 N–H and O–H groups in total. The van der Waals surface area contributed by atoms with E-state index in [1.807, 2.05) is 4.90 Å². The van der Waals surface area contributed by atoms with Crippen LogP contribution in [0.25, 0.3) is 0 Å². The number of esters is 1. The predicted octanol–water partition coefficient (Wildman–Crippen LogP) is 7.62. The van der Waals surface area contributed by atoms with Crippen LogP contribution < -0.4 is 0 Å². The molecule has 0 amide bonds. The van der Waals surface area contributed by atoms with Gasteiger partial charge in [-0.05, 0) is 70.1 Å². The average Bonchev–Trinajstić information content (AvgIpc) is 2.76. The zero-order valence-electron chi connectivity index (χ0n) is 27.5. The van der Waals surface area contributed by atoms with Gasteiger partial charge in [0.15, 0.2) is 0 Å². The van der Waals surface area contributed by atoms with Crippen LogP contribution in [0.3, 0.4) is 0 Å². The minimum atomic E-state index is -0.809. The molecule has 0 aromatic rings. The third-order valence-electron chi connectivity index (χ3n) is 6.03. The van der Waals surface area contributed by atoms with E-state index in [-0.39, 0.29) is 31.4 Å². The fraction of sp³-hybridized carbons (Fsp3) is 0.903. The molecule has 242 valence electrons. The Morgan fingerprint density at radius 1 is 0.634 bits per heavy atom. The first-order chi connectivity index (χ1) is 18.9. The minimum absolute atomic E-state index is 0.0782. The molecule has 0 aliphatic rings. The van der Waals surface area contributed by atoms with Gasteiger partial charge in [-0.1, -0.05) is 71.3 Å². The van der Waals surface area contributed by atoms with Gasteiger partial charge in [0.25, 0.3) is 0 Å². The largest absolute Gasteiger partial charge is 0.508 e. The molecule has 0 aliphatic heterocycles. The van der Waals surface area contributed by atoms with Gasteiger partial charge >= 0.3 is 18.3 Å². The van der Waals surface area contributed by atoms with Crippen LogP contribution in [0, 0.1) is 23.7 Å². The van der Waals surface area contributed by atoms with Crippen molar-refractivity contribution in [3.8, 4) is 0 Å². The Labute approximate surface area is 257 Å². The van der Waals surface area contributed by atoms with Crippen LogP contribution in [-0.2, 0) is 28.5 Å². The molecule has 0 spiro atoms. The van der Waals surface area contributed by atoms with Gasteiger partial charge in [0.2, 0.25) is 0 Å². The van der Waals surface area contributed by atoms with Crippen molar-refractivity contribution in [2.24, 2.45) is 23.7 Å². The topological polar surface area (TPSA) is 101 Å². The molecule has 0 aliphatic carbocycles. The van der Waals surface area contributed by atoms with Crippen LogP contribution in [0.4, 0.5) is 9.59 Å². The fourth-order valence-electron chi connectivity index (χ4n) is 4.36. The summed E-state index contributed by atoms with van der Waals surface area (Å²) in [6, 6.07) is 0. The van der Waals surface area contributed by atoms with Crippen molar-refractivity contribution in [1.29, 1.82) is 0 Å². The first kappa shape index (κ1) is 39.5. The van der Waals surface area contributed by atoms with Gasteiger partial charge in [-0.25, -0.2) is 9.59 Å². The van der Waals surface area contributed by atoms with E-state index in [9.17, 15) is 14.4 Å². The number of hydrogen-bond donors (Lipinski definition) is 0. The number of nitrogens with zero attached hydrogens (tertiary/aromatic N) is 1. The number of rotatable bonds is 20. The van der Waals surface area contributed by atoms with Gasteiger partial charge in [-0.15, -0.1) is 0 Å². The van der Waals surface area contributed by atoms with E-state index < -0.39 is 22.7 Å². The van der Waals surface area contributed by atoms with Crippen molar-refractivity contribution in [3.63, 3.8) is 0 Å². The summed E-state index contributed by atoms with van der Waals surface area (Å²) in [6.07, 6.45) is 0.866. The molecule has 10 heteroatoms. The maximum Gasteiger partial charge on any atom is 0.508 e. The summed E-state index contributed by atoms with van der Waals surface area (Å²) in [7, 11) is 0. The number of hydrogen-bond acceptors (Lipinski definition) is 9. The zero-order chi connectivity index (χ0) is 31.8. The van der Waals surface area contributed by atoms with Gasteiger partial charge in [-0.3, -0.25) is 9.69 Å². The molecule has 41 heavy (non-hydrogen) atoms. The molecule has 0 saturated heterocycles. The lowest BCUT2D eigenvalue weighted by molar-refractivity contribution is -0.150. The van der Waals surface area contributed by atoms with E-state index in [1.54, 1.807) is 20.8 Å². The quantitative estimate of drug-likeness (QED) is 0.0747. The van der Waals surface area contributed by atoms with Crippen molar-refractivity contribution in [2.75, 3.05) is 32.8 Å². The lowest BCUT2D eigenvalue weighted by Crippen LogP contribution is -2.40. The number of ether oxygens (including phenoxy) is 5. The molecule has 0 radical (unpaired) electrons. The predicted molar refractivity (Wildman–Crippen MR) is 165 cm³/mol. The normalized spacial score (nSPS) is 13.0. The van der Waals surface area contributed by atoms with Crippen LogP contribution >= 0.6 is 15.9 Å². The Balaban J connectivity index is 5.08. The van der Waals surface area contributed by atoms with Gasteiger partial charge < -0.3 is 23.7 Å². The summed E-state index contributed by atoms with van der Waals surface area (Å²) in [4.78, 5) is 39.1. The molecule has 1 atom stereocenters. The monoisotopic (exact) mass is 651 g/mol. The summed E-state index contributed by atoms with van der Waals surface area (Å²) in [5.74, 6) is 1.20. The maximum absolute atomic E-state index is 12.4. The van der Waals surface area contributed by atoms with E-state index >= 15 is 0 Å². The molecule has 0 bridgehead atoms. The smallest absolute Gasteiger partial charge is 0.460 e. The van der Waals surface area contributed by atoms with Gasteiger partial charge in [0, 0.05) is 19.6 Å². The first-order valence-corrected chi connectivity index (χ1v) is 16.0. The third kappa shape index (κ3) is 21.8. The number of halogens is 1. The molecule has 0 aromatic carbocycles. The van der Waals surface area contributed by atoms with E-state index in [2.05, 4.69) is 71.3 Å². The number of carbonyl (C=O) groups is 3. The Kier molecular flexibility index (Phi) is 19.6. The van der Waals surface area contributed by atoms with Crippen LogP contribution in [0.2, 0.25) is 0 Å². The van der Waals surface area contributed by atoms with Crippen LogP contribution in [-0.4, -0.2) is 78.7 Å². The molecular weight excluding hydrogens is 594 g/mol. The molecule has 1 unspecified atom stereocenters. The number of carbonyl (C=O) groups excluding carboxylic acids is 3. The van der Waals surface area contributed by atoms with Crippen molar-refractivity contribution in [3.05, 3.63) is 0 Å². The maximum atomic E-state index is 12.4. The van der Waals surface area contributed by atoms with Crippen LogP contribution in [0.1, 0.15) is 102 Å². The Morgan fingerprint density at radius 3 is 1.27 bits per heavy atom. The van der Waals surface area contributed by atoms with Crippen LogP contribution in [0.15, 0.2) is 0 Å². The highest BCUT2D eigenvalue weighted by Crippen LogP contribution is 2.20. The summed E-state index contributed by atoms with van der Waals surface area (Å²) in [5.41, 5.74) is 0. The molecule has 0 rings (SSSR count). The summed E-state index contributed by atoms with van der Waals surface area (Å²) in [5, 5.41) is 0. The Bertz CT molecular complexity index is 687. The van der Waals surface area contributed by atoms with Crippen molar-refractivity contribution >= 4 is 34.2 Å². The minimum Gasteiger partial charge on any atom is -0.460 e. The lowest BCUT2D eigenvalue weighted by atomic mass is 9.98. The van der Waals surface area contributed by atoms with Crippen molar-refractivity contribution < 1.29 is 38.1 Å². The van der Waals surface area contributed by atoms with E-state index in [1.165, 1.54) is 0 Å². The second-order valence-corrected chi connectivity index (χ2v) is 15.2. The van der Waals surface area contributed by atoms with E-state index in [0.717, 1.165) is 25.7 Å². The molecule has 0 heterocycles. The highest BCUT2D eigenvalue weighted by atomic mass is 79.9. The second kappa shape index (κ2) is 20.4. The molecule has 0 saturated carbocycles. The van der Waals surface area contributed by atoms with Gasteiger partial charge in [-0.2, -0.15) is 0 Å². The highest BCUT2D eigenvalue weighted by Gasteiger charge is 2.28. The van der Waals surface area contributed by atoms with Gasteiger partial charge in [0.05, 0.1) is 0 Å². The lowest BCUT2D eigenvalue weighted by Gasteiger charge is -2.27. The average molecular weight is 653 g/mol. The highest BCUT2D eigenvalue weighted by molar-refractivity contribution is 9.10. The Hall–Kier alpha value is -1.55. The number of alkyl halides is 1. The Morgan fingerprint density at radius 2 is 0.976 bits per heavy atom. The van der Waals surface area contributed by atoms with Gasteiger partial charge in [0.1, 0.15) is 35.8 Å². The standard InChI is InChI=1S/C31H58BrNO8/c1-21(2)16-26(17-22(3)4)40-29(35)37-14-12-33(20-25(9)39-28(34)31(10,11)32)13-15-38-30(36)41-27(18-23(5)6)19-24(7)8/h21-27H,12-20H2,1-11H3. The van der Waals surface area contributed by atoms with E-state index in [4.69, 9.17) is 23.7 Å². The molecule has 0 fully saturated rings.